The van der Waals surface area contributed by atoms with Crippen molar-refractivity contribution in [1.82, 2.24) is 0 Å². The van der Waals surface area contributed by atoms with Crippen molar-refractivity contribution in [2.24, 2.45) is 0 Å². The molecule has 0 spiro atoms. The van der Waals surface area contributed by atoms with Gasteiger partial charge in [0.05, 0.1) is 13.7 Å². The molecule has 0 saturated carbocycles. The molecule has 0 radical (unpaired) electrons. The second-order valence-electron chi connectivity index (χ2n) is 5.10. The molecule has 8 heteroatoms. The Morgan fingerprint density at radius 3 is 2.41 bits per heavy atom. The van der Waals surface area contributed by atoms with E-state index in [1.54, 1.807) is 50.4 Å². The van der Waals surface area contributed by atoms with E-state index in [9.17, 15) is 4.79 Å². The molecule has 0 aliphatic carbocycles. The summed E-state index contributed by atoms with van der Waals surface area (Å²) in [6.45, 7) is 1.81. The Kier molecular flexibility index (Phi) is 7.52. The lowest BCUT2D eigenvalue weighted by atomic mass is 10.3. The fourth-order valence-electron chi connectivity index (χ4n) is 1.93. The molecule has 27 heavy (non-hydrogen) atoms. The Morgan fingerprint density at radius 1 is 1.15 bits per heavy atom. The summed E-state index contributed by atoms with van der Waals surface area (Å²) < 4.78 is 15.6. The molecule has 2 aromatic rings. The first-order valence-corrected chi connectivity index (χ1v) is 8.64. The highest BCUT2D eigenvalue weighted by Gasteiger charge is 2.08. The number of carbonyl (C=O) groups is 1. The van der Waals surface area contributed by atoms with Gasteiger partial charge >= 0.3 is 5.97 Å². The lowest BCUT2D eigenvalue weighted by Gasteiger charge is -2.27. The third kappa shape index (κ3) is 6.20. The van der Waals surface area contributed by atoms with Crippen LogP contribution >= 0.6 is 23.2 Å². The molecule has 0 aliphatic heterocycles. The van der Waals surface area contributed by atoms with Gasteiger partial charge in [0.2, 0.25) is 0 Å². The van der Waals surface area contributed by atoms with Gasteiger partial charge in [-0.1, -0.05) is 29.3 Å². The van der Waals surface area contributed by atoms with Crippen LogP contribution in [0, 0.1) is 5.41 Å². The zero-order valence-electron chi connectivity index (χ0n) is 14.7. The Labute approximate surface area is 167 Å². The SMILES string of the molecule is CCOC(=O)C(=N)/C=C(\[N-]c1ccc(Cl)cc1Cl)Oc1ccc(OC)cc1. The quantitative estimate of drug-likeness (QED) is 0.355. The van der Waals surface area contributed by atoms with Crippen LogP contribution in [-0.4, -0.2) is 25.4 Å². The molecule has 0 saturated heterocycles. The molecule has 2 aromatic carbocycles. The van der Waals surface area contributed by atoms with E-state index in [0.29, 0.717) is 27.2 Å². The van der Waals surface area contributed by atoms with Gasteiger partial charge in [-0.15, -0.1) is 5.69 Å². The van der Waals surface area contributed by atoms with Crippen LogP contribution in [0.1, 0.15) is 6.92 Å². The molecule has 1 N–H and O–H groups in total. The number of halogens is 2. The van der Waals surface area contributed by atoms with Crippen LogP contribution in [0.25, 0.3) is 5.32 Å². The van der Waals surface area contributed by atoms with E-state index in [2.05, 4.69) is 5.32 Å². The van der Waals surface area contributed by atoms with Crippen LogP contribution in [0.5, 0.6) is 11.5 Å². The molecular formula is C19H17Cl2N2O4-. The number of carbonyl (C=O) groups excluding carboxylic acids is 1. The number of methoxy groups -OCH3 is 1. The maximum Gasteiger partial charge on any atom is 0.356 e. The number of nitrogens with zero attached hydrogens (tertiary/aromatic N) is 1. The van der Waals surface area contributed by atoms with Crippen LogP contribution in [0.3, 0.4) is 0 Å². The summed E-state index contributed by atoms with van der Waals surface area (Å²) in [4.78, 5) is 11.7. The second kappa shape index (κ2) is 9.85. The number of ether oxygens (including phenoxy) is 3. The van der Waals surface area contributed by atoms with E-state index in [0.717, 1.165) is 6.08 Å². The zero-order valence-corrected chi connectivity index (χ0v) is 16.2. The third-order valence-electron chi connectivity index (χ3n) is 3.19. The van der Waals surface area contributed by atoms with Gasteiger partial charge in [0, 0.05) is 15.9 Å². The van der Waals surface area contributed by atoms with Gasteiger partial charge in [-0.25, -0.2) is 4.79 Å². The molecule has 142 valence electrons. The molecule has 0 bridgehead atoms. The van der Waals surface area contributed by atoms with Gasteiger partial charge in [0.25, 0.3) is 0 Å². The van der Waals surface area contributed by atoms with Crippen LogP contribution < -0.4 is 9.47 Å². The van der Waals surface area contributed by atoms with Crippen LogP contribution in [0.4, 0.5) is 5.69 Å². The predicted octanol–water partition coefficient (Wildman–Crippen LogP) is 5.51. The molecular weight excluding hydrogens is 391 g/mol. The molecule has 0 fully saturated rings. The van der Waals surface area contributed by atoms with Gasteiger partial charge in [-0.3, -0.25) is 5.41 Å². The van der Waals surface area contributed by atoms with E-state index in [1.807, 2.05) is 0 Å². The molecule has 0 atom stereocenters. The topological polar surface area (TPSA) is 82.7 Å². The molecule has 0 unspecified atom stereocenters. The van der Waals surface area contributed by atoms with Crippen molar-refractivity contribution < 1.29 is 19.0 Å². The number of rotatable bonds is 8. The first kappa shape index (κ1) is 20.6. The normalized spacial score (nSPS) is 10.9. The van der Waals surface area contributed by atoms with Gasteiger partial charge < -0.3 is 19.5 Å². The van der Waals surface area contributed by atoms with Crippen molar-refractivity contribution in [3.8, 4) is 11.5 Å². The summed E-state index contributed by atoms with van der Waals surface area (Å²) in [5.74, 6) is 0.297. The minimum Gasteiger partial charge on any atom is -0.626 e. The standard InChI is InChI=1S/C19H17Cl2N2O4/c1-3-26-19(24)16(22)11-18(23-17-9-4-12(20)10-15(17)21)27-14-7-5-13(25-2)6-8-14/h4-11H,3H2,1-2H3,(H-,22,23)/q-1. The minimum absolute atomic E-state index is 0.0116. The summed E-state index contributed by atoms with van der Waals surface area (Å²) in [5.41, 5.74) is -0.0355. The number of nitrogens with one attached hydrogen (secondary N) is 1. The van der Waals surface area contributed by atoms with Crippen LogP contribution in [-0.2, 0) is 9.53 Å². The highest BCUT2D eigenvalue weighted by atomic mass is 35.5. The summed E-state index contributed by atoms with van der Waals surface area (Å²) in [6.07, 6.45) is 1.16. The number of benzene rings is 2. The fourth-order valence-corrected chi connectivity index (χ4v) is 2.38. The number of hydrogen-bond donors (Lipinski definition) is 1. The van der Waals surface area contributed by atoms with Crippen molar-refractivity contribution in [2.45, 2.75) is 6.92 Å². The molecule has 2 rings (SSSR count). The van der Waals surface area contributed by atoms with E-state index in [-0.39, 0.29) is 12.5 Å². The molecule has 0 aliphatic rings. The fraction of sp³-hybridized carbons (Fsp3) is 0.158. The van der Waals surface area contributed by atoms with Gasteiger partial charge in [-0.05, 0) is 49.4 Å². The van der Waals surface area contributed by atoms with Gasteiger partial charge in [0.1, 0.15) is 17.2 Å². The van der Waals surface area contributed by atoms with Crippen LogP contribution in [0.15, 0.2) is 54.4 Å². The first-order valence-electron chi connectivity index (χ1n) is 7.89. The summed E-state index contributed by atoms with van der Waals surface area (Å²) in [7, 11) is 1.56. The van der Waals surface area contributed by atoms with E-state index >= 15 is 0 Å². The molecule has 0 aromatic heterocycles. The molecule has 0 amide bonds. The second-order valence-corrected chi connectivity index (χ2v) is 5.95. The summed E-state index contributed by atoms with van der Waals surface area (Å²) in [5, 5.41) is 12.9. The van der Waals surface area contributed by atoms with Gasteiger partial charge in [-0.2, -0.15) is 0 Å². The smallest absolute Gasteiger partial charge is 0.356 e. The number of esters is 1. The average Bonchev–Trinajstić information content (AvgIpc) is 2.64. The van der Waals surface area contributed by atoms with Crippen LogP contribution in [0.2, 0.25) is 10.0 Å². The molecule has 6 nitrogen and oxygen atoms in total. The lowest BCUT2D eigenvalue weighted by Crippen LogP contribution is -2.15. The molecule has 0 heterocycles. The first-order chi connectivity index (χ1) is 12.9. The Hall–Kier alpha value is -2.70. The van der Waals surface area contributed by atoms with Crippen molar-refractivity contribution in [2.75, 3.05) is 13.7 Å². The Morgan fingerprint density at radius 2 is 1.81 bits per heavy atom. The Balaban J connectivity index is 2.28. The Bertz CT molecular complexity index is 851. The number of hydrogen-bond acceptors (Lipinski definition) is 5. The van der Waals surface area contributed by atoms with Crippen molar-refractivity contribution in [3.63, 3.8) is 0 Å². The van der Waals surface area contributed by atoms with Gasteiger partial charge in [0.15, 0.2) is 0 Å². The third-order valence-corrected chi connectivity index (χ3v) is 3.72. The largest absolute Gasteiger partial charge is 0.626 e. The highest BCUT2D eigenvalue weighted by Crippen LogP contribution is 2.35. The van der Waals surface area contributed by atoms with Crippen molar-refractivity contribution in [3.05, 3.63) is 69.8 Å². The summed E-state index contributed by atoms with van der Waals surface area (Å²) >= 11 is 12.0. The monoisotopic (exact) mass is 407 g/mol. The van der Waals surface area contributed by atoms with E-state index < -0.39 is 11.7 Å². The zero-order chi connectivity index (χ0) is 19.8. The predicted molar refractivity (Wildman–Crippen MR) is 106 cm³/mol. The summed E-state index contributed by atoms with van der Waals surface area (Å²) in [6, 6.07) is 11.5. The minimum atomic E-state index is -0.786. The average molecular weight is 408 g/mol. The lowest BCUT2D eigenvalue weighted by molar-refractivity contribution is -0.135. The van der Waals surface area contributed by atoms with E-state index in [4.69, 9.17) is 42.8 Å². The maximum atomic E-state index is 11.7. The maximum absolute atomic E-state index is 11.7. The highest BCUT2D eigenvalue weighted by molar-refractivity contribution is 6.40. The van der Waals surface area contributed by atoms with Crippen molar-refractivity contribution >= 4 is 40.6 Å². The van der Waals surface area contributed by atoms with Crippen molar-refractivity contribution in [1.29, 1.82) is 5.41 Å². The van der Waals surface area contributed by atoms with E-state index in [1.165, 1.54) is 6.07 Å².